The van der Waals surface area contributed by atoms with Crippen LogP contribution in [0.4, 0.5) is 0 Å². The monoisotopic (exact) mass is 708 g/mol. The molecule has 0 aliphatic carbocycles. The molecule has 0 aliphatic heterocycles. The highest BCUT2D eigenvalue weighted by Crippen LogP contribution is 2.43. The van der Waals surface area contributed by atoms with Gasteiger partial charge in [0.05, 0.1) is 0 Å². The van der Waals surface area contributed by atoms with Gasteiger partial charge in [-0.25, -0.2) is 0 Å². The molecule has 0 amide bonds. The van der Waals surface area contributed by atoms with Gasteiger partial charge in [-0.2, -0.15) is 0 Å². The van der Waals surface area contributed by atoms with E-state index in [9.17, 15) is 0 Å². The predicted octanol–water partition coefficient (Wildman–Crippen LogP) is 15.8. The summed E-state index contributed by atoms with van der Waals surface area (Å²) in [6.07, 6.45) is 0. The molecule has 56 heavy (non-hydrogen) atoms. The summed E-state index contributed by atoms with van der Waals surface area (Å²) in [5.41, 5.74) is 12.3. The maximum Gasteiger partial charge on any atom is -0.00923 e. The zero-order valence-corrected chi connectivity index (χ0v) is 30.8. The lowest BCUT2D eigenvalue weighted by atomic mass is 9.86. The number of hydrogen-bond donors (Lipinski definition) is 0. The summed E-state index contributed by atoms with van der Waals surface area (Å²) in [4.78, 5) is 0. The van der Waals surface area contributed by atoms with Crippen molar-refractivity contribution in [3.8, 4) is 55.6 Å². The minimum Gasteiger partial charge on any atom is -0.0622 e. The van der Waals surface area contributed by atoms with Crippen LogP contribution in [-0.4, -0.2) is 0 Å². The van der Waals surface area contributed by atoms with Gasteiger partial charge >= 0.3 is 0 Å². The molecule has 0 saturated carbocycles. The summed E-state index contributed by atoms with van der Waals surface area (Å²) >= 11 is 0. The molecule has 0 aliphatic rings. The Morgan fingerprint density at radius 2 is 0.536 bits per heavy atom. The minimum atomic E-state index is 1.21. The number of fused-ring (bicyclic) bond motifs is 7. The molecule has 11 aromatic rings. The molecule has 0 radical (unpaired) electrons. The second-order valence-electron chi connectivity index (χ2n) is 14.9. The van der Waals surface area contributed by atoms with E-state index in [4.69, 9.17) is 0 Å². The maximum atomic E-state index is 2.44. The van der Waals surface area contributed by atoms with Crippen LogP contribution in [0.25, 0.3) is 109 Å². The smallest absolute Gasteiger partial charge is 0.00923 e. The van der Waals surface area contributed by atoms with Crippen LogP contribution in [0.2, 0.25) is 0 Å². The van der Waals surface area contributed by atoms with Gasteiger partial charge in [0.25, 0.3) is 0 Å². The molecular formula is C56H36. The van der Waals surface area contributed by atoms with E-state index >= 15 is 0 Å². The van der Waals surface area contributed by atoms with E-state index in [1.54, 1.807) is 0 Å². The van der Waals surface area contributed by atoms with Crippen LogP contribution in [0, 0.1) is 0 Å². The third-order valence-electron chi connectivity index (χ3n) is 11.6. The molecule has 0 saturated heterocycles. The zero-order valence-electron chi connectivity index (χ0n) is 30.8. The van der Waals surface area contributed by atoms with Crippen molar-refractivity contribution < 1.29 is 0 Å². The summed E-state index contributed by atoms with van der Waals surface area (Å²) in [6.45, 7) is 0. The van der Waals surface area contributed by atoms with Gasteiger partial charge in [-0.3, -0.25) is 0 Å². The highest BCUT2D eigenvalue weighted by molar-refractivity contribution is 6.24. The first-order valence-corrected chi connectivity index (χ1v) is 19.4. The van der Waals surface area contributed by atoms with E-state index < -0.39 is 0 Å². The van der Waals surface area contributed by atoms with Crippen molar-refractivity contribution in [3.63, 3.8) is 0 Å². The molecule has 0 heteroatoms. The predicted molar refractivity (Wildman–Crippen MR) is 241 cm³/mol. The third kappa shape index (κ3) is 5.54. The van der Waals surface area contributed by atoms with Crippen LogP contribution in [0.3, 0.4) is 0 Å². The normalized spacial score (nSPS) is 11.6. The molecular weight excluding hydrogens is 673 g/mol. The lowest BCUT2D eigenvalue weighted by Crippen LogP contribution is -1.90. The summed E-state index contributed by atoms with van der Waals surface area (Å²) < 4.78 is 0. The Morgan fingerprint density at radius 3 is 1.11 bits per heavy atom. The van der Waals surface area contributed by atoms with E-state index in [2.05, 4.69) is 218 Å². The molecule has 0 fully saturated rings. The number of rotatable bonds is 5. The molecule has 0 unspecified atom stereocenters. The number of hydrogen-bond acceptors (Lipinski definition) is 0. The van der Waals surface area contributed by atoms with E-state index in [0.717, 1.165) is 0 Å². The van der Waals surface area contributed by atoms with E-state index in [1.807, 2.05) is 0 Å². The van der Waals surface area contributed by atoms with Crippen LogP contribution in [0.5, 0.6) is 0 Å². The van der Waals surface area contributed by atoms with Crippen LogP contribution in [0.1, 0.15) is 0 Å². The van der Waals surface area contributed by atoms with Gasteiger partial charge in [0, 0.05) is 0 Å². The Hall–Kier alpha value is -7.28. The van der Waals surface area contributed by atoms with Crippen LogP contribution in [0.15, 0.2) is 218 Å². The second kappa shape index (κ2) is 13.2. The topological polar surface area (TPSA) is 0 Å². The minimum absolute atomic E-state index is 1.21. The first-order valence-electron chi connectivity index (χ1n) is 19.4. The van der Waals surface area contributed by atoms with Gasteiger partial charge in [0.2, 0.25) is 0 Å². The molecule has 0 heterocycles. The van der Waals surface area contributed by atoms with Crippen LogP contribution in [-0.2, 0) is 0 Å². The highest BCUT2D eigenvalue weighted by atomic mass is 14.2. The summed E-state index contributed by atoms with van der Waals surface area (Å²) in [7, 11) is 0. The van der Waals surface area contributed by atoms with Gasteiger partial charge in [0.15, 0.2) is 0 Å². The molecule has 0 atom stereocenters. The molecule has 0 bridgehead atoms. The van der Waals surface area contributed by atoms with Crippen molar-refractivity contribution in [2.45, 2.75) is 0 Å². The van der Waals surface area contributed by atoms with E-state index in [0.29, 0.717) is 0 Å². The van der Waals surface area contributed by atoms with Crippen molar-refractivity contribution in [3.05, 3.63) is 218 Å². The average molecular weight is 709 g/mol. The average Bonchev–Trinajstić information content (AvgIpc) is 3.28. The number of benzene rings is 11. The SMILES string of the molecule is c1ccc(-c2ccc3c(c2)c(-c2ccc(-c4ccc5ccccc5c4)cc2)cc2c4ccccc4c(-c4ccc(-c5ccc6ccccc6c5)cc4)cc32)cc1. The standard InChI is InChI=1S/C56H36/c1-2-10-37(11-3-1)48-30-31-51-54(34-48)53(43-26-20-41(21-27-43)47-29-23-39-13-5-7-15-45(39)33-47)36-55-50-17-9-8-16-49(50)52(35-56(51)55)42-24-18-40(19-25-42)46-28-22-38-12-4-6-14-44(38)32-46/h1-36H. The molecule has 11 aromatic carbocycles. The van der Waals surface area contributed by atoms with Gasteiger partial charge < -0.3 is 0 Å². The first kappa shape index (κ1) is 32.2. The van der Waals surface area contributed by atoms with Crippen molar-refractivity contribution >= 4 is 53.9 Å². The molecule has 0 spiro atoms. The fourth-order valence-electron chi connectivity index (χ4n) is 8.71. The van der Waals surface area contributed by atoms with Crippen LogP contribution >= 0.6 is 0 Å². The molecule has 260 valence electrons. The van der Waals surface area contributed by atoms with Gasteiger partial charge in [-0.05, 0) is 140 Å². The quantitative estimate of drug-likeness (QED) is 0.156. The first-order chi connectivity index (χ1) is 27.7. The van der Waals surface area contributed by atoms with E-state index in [1.165, 1.54) is 109 Å². The second-order valence-corrected chi connectivity index (χ2v) is 14.9. The summed E-state index contributed by atoms with van der Waals surface area (Å²) in [5.74, 6) is 0. The van der Waals surface area contributed by atoms with Crippen molar-refractivity contribution in [1.82, 2.24) is 0 Å². The molecule has 0 aromatic heterocycles. The Bertz CT molecular complexity index is 3260. The molecule has 0 nitrogen and oxygen atoms in total. The molecule has 0 N–H and O–H groups in total. The fraction of sp³-hybridized carbons (Fsp3) is 0. The van der Waals surface area contributed by atoms with Gasteiger partial charge in [0.1, 0.15) is 0 Å². The van der Waals surface area contributed by atoms with E-state index in [-0.39, 0.29) is 0 Å². The summed E-state index contributed by atoms with van der Waals surface area (Å²) in [6, 6.07) is 80.4. The van der Waals surface area contributed by atoms with Crippen molar-refractivity contribution in [2.24, 2.45) is 0 Å². The molecule has 11 rings (SSSR count). The fourth-order valence-corrected chi connectivity index (χ4v) is 8.71. The Balaban J connectivity index is 1.08. The maximum absolute atomic E-state index is 2.44. The van der Waals surface area contributed by atoms with Crippen molar-refractivity contribution in [2.75, 3.05) is 0 Å². The zero-order chi connectivity index (χ0) is 37.0. The lowest BCUT2D eigenvalue weighted by molar-refractivity contribution is 1.62. The van der Waals surface area contributed by atoms with Crippen molar-refractivity contribution in [1.29, 1.82) is 0 Å². The third-order valence-corrected chi connectivity index (χ3v) is 11.6. The Morgan fingerprint density at radius 1 is 0.161 bits per heavy atom. The highest BCUT2D eigenvalue weighted by Gasteiger charge is 2.16. The van der Waals surface area contributed by atoms with Crippen LogP contribution < -0.4 is 0 Å². The summed E-state index contributed by atoms with van der Waals surface area (Å²) in [5, 5.41) is 12.6. The van der Waals surface area contributed by atoms with Gasteiger partial charge in [-0.1, -0.05) is 188 Å². The van der Waals surface area contributed by atoms with Gasteiger partial charge in [-0.15, -0.1) is 0 Å². The largest absolute Gasteiger partial charge is 0.0622 e. The lowest BCUT2D eigenvalue weighted by Gasteiger charge is -2.17. The Labute approximate surface area is 326 Å². The Kier molecular flexibility index (Phi) is 7.60.